The second-order valence-corrected chi connectivity index (χ2v) is 7.64. The molecular weight excluding hydrogens is 278 g/mol. The van der Waals surface area contributed by atoms with Crippen molar-refractivity contribution in [2.45, 2.75) is 116 Å². The van der Waals surface area contributed by atoms with Crippen LogP contribution in [0.1, 0.15) is 116 Å². The molecule has 0 aromatic rings. The van der Waals surface area contributed by atoms with Gasteiger partial charge < -0.3 is 4.90 Å². The zero-order chi connectivity index (χ0) is 17.0. The molecule has 0 saturated carbocycles. The highest BCUT2D eigenvalue weighted by Gasteiger charge is 1.95. The fraction of sp³-hybridized carbons (Fsp3) is 0.955. The molecule has 0 amide bonds. The van der Waals surface area contributed by atoms with E-state index in [1.807, 2.05) is 0 Å². The van der Waals surface area contributed by atoms with E-state index in [1.54, 1.807) is 0 Å². The van der Waals surface area contributed by atoms with Gasteiger partial charge in [-0.1, -0.05) is 110 Å². The van der Waals surface area contributed by atoms with Crippen LogP contribution in [0.4, 0.5) is 0 Å². The molecule has 1 nitrogen and oxygen atoms in total. The van der Waals surface area contributed by atoms with Crippen molar-refractivity contribution in [3.8, 4) is 0 Å². The average molecular weight is 325 g/mol. The van der Waals surface area contributed by atoms with E-state index in [-0.39, 0.29) is 0 Å². The van der Waals surface area contributed by atoms with Crippen molar-refractivity contribution in [3.05, 3.63) is 6.42 Å². The fourth-order valence-corrected chi connectivity index (χ4v) is 3.19. The van der Waals surface area contributed by atoms with Gasteiger partial charge in [0, 0.05) is 6.54 Å². The van der Waals surface area contributed by atoms with E-state index in [0.29, 0.717) is 0 Å². The smallest absolute Gasteiger partial charge is 0.000669 e. The predicted octanol–water partition coefficient (Wildman–Crippen LogP) is 7.40. The van der Waals surface area contributed by atoms with E-state index in [4.69, 9.17) is 0 Å². The Bertz CT molecular complexity index is 200. The van der Waals surface area contributed by atoms with Crippen molar-refractivity contribution in [1.82, 2.24) is 4.90 Å². The molecule has 0 aliphatic heterocycles. The Morgan fingerprint density at radius 1 is 0.522 bits per heavy atom. The zero-order valence-electron chi connectivity index (χ0n) is 16.8. The summed E-state index contributed by atoms with van der Waals surface area (Å²) in [4.78, 5) is 2.24. The first-order valence-corrected chi connectivity index (χ1v) is 10.7. The number of unbranched alkanes of at least 4 members (excludes halogenated alkanes) is 17. The van der Waals surface area contributed by atoms with Crippen LogP contribution in [-0.2, 0) is 0 Å². The second kappa shape index (κ2) is 20.0. The maximum absolute atomic E-state index is 2.42. The van der Waals surface area contributed by atoms with Gasteiger partial charge in [0.25, 0.3) is 0 Å². The lowest BCUT2D eigenvalue weighted by Crippen LogP contribution is -2.13. The molecule has 23 heavy (non-hydrogen) atoms. The van der Waals surface area contributed by atoms with Gasteiger partial charge >= 0.3 is 0 Å². The van der Waals surface area contributed by atoms with Crippen LogP contribution in [0.5, 0.6) is 0 Å². The van der Waals surface area contributed by atoms with Gasteiger partial charge in [-0.3, -0.25) is 0 Å². The van der Waals surface area contributed by atoms with Gasteiger partial charge in [-0.05, 0) is 26.9 Å². The topological polar surface area (TPSA) is 3.24 Å². The van der Waals surface area contributed by atoms with E-state index < -0.39 is 0 Å². The van der Waals surface area contributed by atoms with Gasteiger partial charge in [-0.25, -0.2) is 0 Å². The number of hydrogen-bond acceptors (Lipinski definition) is 1. The number of hydrogen-bond donors (Lipinski definition) is 0. The molecule has 0 N–H and O–H groups in total. The summed E-state index contributed by atoms with van der Waals surface area (Å²) in [7, 11) is 4.29. The van der Waals surface area contributed by atoms with Crippen LogP contribution in [0.15, 0.2) is 0 Å². The van der Waals surface area contributed by atoms with E-state index in [0.717, 1.165) is 6.54 Å². The van der Waals surface area contributed by atoms with Gasteiger partial charge in [0.15, 0.2) is 0 Å². The Hall–Kier alpha value is -0.0400. The van der Waals surface area contributed by atoms with Gasteiger partial charge in [0.1, 0.15) is 0 Å². The Morgan fingerprint density at radius 3 is 1.22 bits per heavy atom. The van der Waals surface area contributed by atoms with Crippen molar-refractivity contribution in [2.24, 2.45) is 0 Å². The highest BCUT2D eigenvalue weighted by Crippen LogP contribution is 2.14. The standard InChI is InChI=1S/C22H46N/c1-4-5-6-7-8-9-10-11-12-13-14-15-16-17-18-19-20-21-22-23(2)3/h21H,4-20,22H2,1-3H3. The third kappa shape index (κ3) is 22.0. The molecule has 0 spiro atoms. The predicted molar refractivity (Wildman–Crippen MR) is 107 cm³/mol. The molecule has 0 aliphatic carbocycles. The first-order chi connectivity index (χ1) is 11.3. The minimum atomic E-state index is 1.14. The van der Waals surface area contributed by atoms with E-state index in [9.17, 15) is 0 Å². The van der Waals surface area contributed by atoms with Crippen LogP contribution < -0.4 is 0 Å². The third-order valence-electron chi connectivity index (χ3n) is 4.76. The largest absolute Gasteiger partial charge is 0.309 e. The van der Waals surface area contributed by atoms with Crippen LogP contribution in [-0.4, -0.2) is 25.5 Å². The summed E-state index contributed by atoms with van der Waals surface area (Å²) in [5.74, 6) is 0. The Balaban J connectivity index is 2.95. The highest BCUT2D eigenvalue weighted by atomic mass is 15.0. The molecule has 1 radical (unpaired) electrons. The van der Waals surface area contributed by atoms with Crippen LogP contribution in [0.25, 0.3) is 0 Å². The lowest BCUT2D eigenvalue weighted by molar-refractivity contribution is 0.433. The molecule has 0 heterocycles. The maximum atomic E-state index is 2.42. The lowest BCUT2D eigenvalue weighted by Gasteiger charge is -2.08. The minimum Gasteiger partial charge on any atom is -0.309 e. The van der Waals surface area contributed by atoms with Gasteiger partial charge in [-0.15, -0.1) is 0 Å². The number of rotatable bonds is 19. The molecule has 0 aliphatic rings. The SMILES string of the molecule is CCCCCCCCCCCCCCCCCC[CH]CN(C)C. The fourth-order valence-electron chi connectivity index (χ4n) is 3.19. The third-order valence-corrected chi connectivity index (χ3v) is 4.76. The Kier molecular flexibility index (Phi) is 20.0. The number of nitrogens with zero attached hydrogens (tertiary/aromatic N) is 1. The lowest BCUT2D eigenvalue weighted by atomic mass is 10.0. The molecule has 0 atom stereocenters. The molecule has 0 aromatic heterocycles. The van der Waals surface area contributed by atoms with Crippen molar-refractivity contribution in [2.75, 3.05) is 20.6 Å². The monoisotopic (exact) mass is 324 g/mol. The summed E-state index contributed by atoms with van der Waals surface area (Å²) < 4.78 is 0. The van der Waals surface area contributed by atoms with Gasteiger partial charge in [-0.2, -0.15) is 0 Å². The first-order valence-electron chi connectivity index (χ1n) is 10.7. The second-order valence-electron chi connectivity index (χ2n) is 7.64. The molecule has 139 valence electrons. The zero-order valence-corrected chi connectivity index (χ0v) is 16.8. The van der Waals surface area contributed by atoms with Crippen molar-refractivity contribution in [3.63, 3.8) is 0 Å². The van der Waals surface area contributed by atoms with Crippen LogP contribution in [0.3, 0.4) is 0 Å². The summed E-state index contributed by atoms with van der Waals surface area (Å²) in [6.07, 6.45) is 27.0. The van der Waals surface area contributed by atoms with Crippen molar-refractivity contribution in [1.29, 1.82) is 0 Å². The van der Waals surface area contributed by atoms with E-state index >= 15 is 0 Å². The summed E-state index contributed by atoms with van der Waals surface area (Å²) in [5, 5.41) is 0. The molecule has 0 rings (SSSR count). The summed E-state index contributed by atoms with van der Waals surface area (Å²) in [6, 6.07) is 0. The average Bonchev–Trinajstić information content (AvgIpc) is 2.53. The van der Waals surface area contributed by atoms with Crippen LogP contribution >= 0.6 is 0 Å². The summed E-state index contributed by atoms with van der Waals surface area (Å²) in [6.45, 7) is 3.43. The minimum absolute atomic E-state index is 1.14. The molecular formula is C22H46N. The van der Waals surface area contributed by atoms with Gasteiger partial charge in [0.2, 0.25) is 0 Å². The highest BCUT2D eigenvalue weighted by molar-refractivity contribution is 4.67. The normalized spacial score (nSPS) is 11.5. The first kappa shape index (κ1) is 23.0. The molecule has 0 unspecified atom stereocenters. The van der Waals surface area contributed by atoms with Crippen LogP contribution in [0.2, 0.25) is 0 Å². The maximum Gasteiger partial charge on any atom is 0.000669 e. The van der Waals surface area contributed by atoms with Crippen LogP contribution in [0, 0.1) is 6.42 Å². The van der Waals surface area contributed by atoms with Crippen molar-refractivity contribution >= 4 is 0 Å². The molecule has 0 aromatic carbocycles. The molecule has 0 fully saturated rings. The summed E-state index contributed by atoms with van der Waals surface area (Å²) >= 11 is 0. The Labute approximate surface area is 148 Å². The molecule has 0 bridgehead atoms. The summed E-state index contributed by atoms with van der Waals surface area (Å²) in [5.41, 5.74) is 0. The molecule has 1 heteroatoms. The van der Waals surface area contributed by atoms with E-state index in [1.165, 1.54) is 109 Å². The quantitative estimate of drug-likeness (QED) is 0.224. The Morgan fingerprint density at radius 2 is 0.870 bits per heavy atom. The van der Waals surface area contributed by atoms with Gasteiger partial charge in [0.05, 0.1) is 0 Å². The van der Waals surface area contributed by atoms with Crippen molar-refractivity contribution < 1.29 is 0 Å². The molecule has 0 saturated heterocycles. The van der Waals surface area contributed by atoms with E-state index in [2.05, 4.69) is 32.3 Å².